The summed E-state index contributed by atoms with van der Waals surface area (Å²) >= 11 is 1.40. The van der Waals surface area contributed by atoms with Crippen molar-refractivity contribution in [3.63, 3.8) is 0 Å². The van der Waals surface area contributed by atoms with Gasteiger partial charge in [-0.05, 0) is 24.3 Å². The average Bonchev–Trinajstić information content (AvgIpc) is 2.87. The highest BCUT2D eigenvalue weighted by Crippen LogP contribution is 2.23. The quantitative estimate of drug-likeness (QED) is 0.834. The van der Waals surface area contributed by atoms with E-state index >= 15 is 0 Å². The first-order valence-corrected chi connectivity index (χ1v) is 6.67. The van der Waals surface area contributed by atoms with Crippen LogP contribution in [-0.4, -0.2) is 45.5 Å². The van der Waals surface area contributed by atoms with Crippen molar-refractivity contribution in [3.05, 3.63) is 35.4 Å². The van der Waals surface area contributed by atoms with E-state index in [-0.39, 0.29) is 5.91 Å². The van der Waals surface area contributed by atoms with Gasteiger partial charge < -0.3 is 15.7 Å². The van der Waals surface area contributed by atoms with Crippen LogP contribution in [0.25, 0.3) is 0 Å². The van der Waals surface area contributed by atoms with Crippen molar-refractivity contribution in [2.45, 2.75) is 6.04 Å². The van der Waals surface area contributed by atoms with E-state index in [2.05, 4.69) is 0 Å². The van der Waals surface area contributed by atoms with Crippen molar-refractivity contribution >= 4 is 29.5 Å². The lowest BCUT2D eigenvalue weighted by Crippen LogP contribution is -2.41. The van der Waals surface area contributed by atoms with Crippen molar-refractivity contribution in [2.75, 3.05) is 11.6 Å². The Morgan fingerprint density at radius 3 is 2.32 bits per heavy atom. The third-order valence-electron chi connectivity index (χ3n) is 2.84. The fourth-order valence-corrected chi connectivity index (χ4v) is 2.94. The second kappa shape index (κ2) is 5.31. The molecule has 0 aromatic heterocycles. The highest BCUT2D eigenvalue weighted by atomic mass is 32.2. The van der Waals surface area contributed by atoms with Crippen molar-refractivity contribution in [2.24, 2.45) is 5.73 Å². The third-order valence-corrected chi connectivity index (χ3v) is 3.86. The smallest absolute Gasteiger partial charge is 0.327 e. The number of nitrogens with zero attached hydrogens (tertiary/aromatic N) is 1. The summed E-state index contributed by atoms with van der Waals surface area (Å²) in [5.74, 6) is -1.19. The number of amides is 2. The van der Waals surface area contributed by atoms with Crippen LogP contribution in [0, 0.1) is 0 Å². The molecular formula is C12H12N2O4S. The fraction of sp³-hybridized carbons (Fsp3) is 0.250. The summed E-state index contributed by atoms with van der Waals surface area (Å²) in [4.78, 5) is 35.4. The lowest BCUT2D eigenvalue weighted by atomic mass is 10.1. The Balaban J connectivity index is 2.19. The van der Waals surface area contributed by atoms with E-state index in [1.165, 1.54) is 40.9 Å². The molecule has 3 N–H and O–H groups in total. The van der Waals surface area contributed by atoms with Crippen LogP contribution < -0.4 is 5.73 Å². The molecule has 6 nitrogen and oxygen atoms in total. The predicted molar refractivity (Wildman–Crippen MR) is 69.9 cm³/mol. The number of primary amides is 1. The van der Waals surface area contributed by atoms with Gasteiger partial charge in [0.2, 0.25) is 5.91 Å². The molecule has 1 aliphatic rings. The zero-order valence-corrected chi connectivity index (χ0v) is 10.7. The van der Waals surface area contributed by atoms with E-state index in [9.17, 15) is 14.4 Å². The molecule has 0 saturated carbocycles. The largest absolute Gasteiger partial charge is 0.480 e. The standard InChI is InChI=1S/C12H12N2O4S/c13-10(15)7-1-3-8(4-2-7)11(16)14-6-19-5-9(14)12(17)18/h1-4,9H,5-6H2,(H2,13,15)(H,17,18)/t9-/m0/s1. The summed E-state index contributed by atoms with van der Waals surface area (Å²) < 4.78 is 0. The average molecular weight is 280 g/mol. The van der Waals surface area contributed by atoms with Crippen LogP contribution in [0.3, 0.4) is 0 Å². The van der Waals surface area contributed by atoms with E-state index < -0.39 is 17.9 Å². The number of carbonyl (C=O) groups is 3. The molecule has 0 bridgehead atoms. The lowest BCUT2D eigenvalue weighted by Gasteiger charge is -2.20. The molecule has 1 heterocycles. The van der Waals surface area contributed by atoms with Crippen LogP contribution in [0.1, 0.15) is 20.7 Å². The van der Waals surface area contributed by atoms with Crippen LogP contribution in [0.15, 0.2) is 24.3 Å². The Bertz CT molecular complexity index is 529. The number of carboxylic acids is 1. The first kappa shape index (κ1) is 13.4. The lowest BCUT2D eigenvalue weighted by molar-refractivity contribution is -0.140. The van der Waals surface area contributed by atoms with Gasteiger partial charge >= 0.3 is 5.97 Å². The Labute approximate surface area is 113 Å². The van der Waals surface area contributed by atoms with Gasteiger partial charge in [0, 0.05) is 16.9 Å². The Hall–Kier alpha value is -2.02. The second-order valence-electron chi connectivity index (χ2n) is 4.07. The Kier molecular flexibility index (Phi) is 3.75. The first-order valence-electron chi connectivity index (χ1n) is 5.52. The molecule has 0 unspecified atom stereocenters. The number of aliphatic carboxylic acids is 1. The molecule has 7 heteroatoms. The zero-order chi connectivity index (χ0) is 14.0. The maximum atomic E-state index is 12.2. The highest BCUT2D eigenvalue weighted by molar-refractivity contribution is 7.99. The van der Waals surface area contributed by atoms with Gasteiger partial charge in [0.05, 0.1) is 5.88 Å². The third kappa shape index (κ3) is 2.70. The van der Waals surface area contributed by atoms with Crippen LogP contribution in [0.5, 0.6) is 0 Å². The zero-order valence-electron chi connectivity index (χ0n) is 9.91. The van der Waals surface area contributed by atoms with Gasteiger partial charge in [-0.2, -0.15) is 0 Å². The minimum atomic E-state index is -1.01. The van der Waals surface area contributed by atoms with Gasteiger partial charge in [-0.3, -0.25) is 9.59 Å². The molecular weight excluding hydrogens is 268 g/mol. The molecule has 2 amide bonds. The molecule has 19 heavy (non-hydrogen) atoms. The number of carbonyl (C=O) groups excluding carboxylic acids is 2. The number of rotatable bonds is 3. The molecule has 1 saturated heterocycles. The predicted octanol–water partition coefficient (Wildman–Crippen LogP) is 0.385. The van der Waals surface area contributed by atoms with Gasteiger partial charge in [0.1, 0.15) is 6.04 Å². The van der Waals surface area contributed by atoms with Crippen molar-refractivity contribution in [1.29, 1.82) is 0 Å². The SMILES string of the molecule is NC(=O)c1ccc(C(=O)N2CSC[C@H]2C(=O)O)cc1. The fourth-order valence-electron chi connectivity index (χ4n) is 1.79. The van der Waals surface area contributed by atoms with E-state index in [0.29, 0.717) is 22.8 Å². The molecule has 100 valence electrons. The van der Waals surface area contributed by atoms with Gasteiger partial charge in [-0.25, -0.2) is 4.79 Å². The summed E-state index contributed by atoms with van der Waals surface area (Å²) in [5, 5.41) is 9.03. The summed E-state index contributed by atoms with van der Waals surface area (Å²) in [6.07, 6.45) is 0. The van der Waals surface area contributed by atoms with E-state index in [0.717, 1.165) is 0 Å². The number of benzene rings is 1. The summed E-state index contributed by atoms with van der Waals surface area (Å²) in [7, 11) is 0. The minimum Gasteiger partial charge on any atom is -0.480 e. The Morgan fingerprint density at radius 2 is 1.79 bits per heavy atom. The number of hydrogen-bond donors (Lipinski definition) is 2. The maximum Gasteiger partial charge on any atom is 0.327 e. The number of nitrogens with two attached hydrogens (primary N) is 1. The van der Waals surface area contributed by atoms with Gasteiger partial charge in [0.15, 0.2) is 0 Å². The van der Waals surface area contributed by atoms with E-state index in [1.807, 2.05) is 0 Å². The van der Waals surface area contributed by atoms with Gasteiger partial charge in [0.25, 0.3) is 5.91 Å². The van der Waals surface area contributed by atoms with E-state index in [4.69, 9.17) is 10.8 Å². The normalized spacial score (nSPS) is 18.3. The van der Waals surface area contributed by atoms with Gasteiger partial charge in [-0.15, -0.1) is 11.8 Å². The van der Waals surface area contributed by atoms with Crippen LogP contribution in [-0.2, 0) is 4.79 Å². The molecule has 0 radical (unpaired) electrons. The molecule has 1 aliphatic heterocycles. The molecule has 1 fully saturated rings. The van der Waals surface area contributed by atoms with Crippen molar-refractivity contribution < 1.29 is 19.5 Å². The minimum absolute atomic E-state index is 0.308. The van der Waals surface area contributed by atoms with Crippen LogP contribution in [0.4, 0.5) is 0 Å². The monoisotopic (exact) mass is 280 g/mol. The maximum absolute atomic E-state index is 12.2. The van der Waals surface area contributed by atoms with E-state index in [1.54, 1.807) is 0 Å². The summed E-state index contributed by atoms with van der Waals surface area (Å²) in [6, 6.07) is 5.06. The summed E-state index contributed by atoms with van der Waals surface area (Å²) in [6.45, 7) is 0. The second-order valence-corrected chi connectivity index (χ2v) is 5.07. The number of carboxylic acid groups (broad SMARTS) is 1. The molecule has 1 aromatic carbocycles. The first-order chi connectivity index (χ1) is 9.00. The molecule has 0 spiro atoms. The van der Waals surface area contributed by atoms with Crippen LogP contribution in [0.2, 0.25) is 0 Å². The highest BCUT2D eigenvalue weighted by Gasteiger charge is 2.34. The molecule has 1 atom stereocenters. The number of hydrogen-bond acceptors (Lipinski definition) is 4. The van der Waals surface area contributed by atoms with Crippen molar-refractivity contribution in [1.82, 2.24) is 4.90 Å². The van der Waals surface area contributed by atoms with Crippen molar-refractivity contribution in [3.8, 4) is 0 Å². The number of thioether (sulfide) groups is 1. The summed E-state index contributed by atoms with van der Waals surface area (Å²) in [5.41, 5.74) is 5.76. The molecule has 2 rings (SSSR count). The molecule has 1 aromatic rings. The van der Waals surface area contributed by atoms with Crippen LogP contribution >= 0.6 is 11.8 Å². The molecule has 0 aliphatic carbocycles. The van der Waals surface area contributed by atoms with Gasteiger partial charge in [-0.1, -0.05) is 0 Å². The topological polar surface area (TPSA) is 101 Å². The Morgan fingerprint density at radius 1 is 1.21 bits per heavy atom.